The molecule has 0 amide bonds. The minimum absolute atomic E-state index is 0.132. The van der Waals surface area contributed by atoms with Crippen LogP contribution >= 0.6 is 11.6 Å². The quantitative estimate of drug-likeness (QED) is 0.578. The molecule has 1 saturated heterocycles. The number of aromatic nitrogens is 2. The zero-order chi connectivity index (χ0) is 22.0. The molecule has 0 spiro atoms. The Balaban J connectivity index is 1.48. The van der Waals surface area contributed by atoms with Crippen LogP contribution in [0.2, 0.25) is 5.02 Å². The van der Waals surface area contributed by atoms with Gasteiger partial charge in [-0.15, -0.1) is 0 Å². The van der Waals surface area contributed by atoms with E-state index in [0.717, 1.165) is 5.56 Å². The molecule has 1 aliphatic heterocycles. The number of hydrogen-bond donors (Lipinski definition) is 0. The number of halogens is 2. The average molecular weight is 463 g/mol. The number of piperazine rings is 1. The van der Waals surface area contributed by atoms with E-state index in [-0.39, 0.29) is 15.7 Å². The minimum atomic E-state index is -3.67. The standard InChI is InChI=1S/C21H20ClFN4O3S/c1-30-20-7-6-17(12-18(20)22)31(28,29)27-10-8-26(9-11-27)21-13-19(24-14-25-21)15-2-4-16(23)5-3-15/h2-7,12-14H,8-11H2,1H3. The van der Waals surface area contributed by atoms with Crippen LogP contribution in [0, 0.1) is 5.82 Å². The molecular formula is C21H20ClFN4O3S. The molecule has 0 radical (unpaired) electrons. The summed E-state index contributed by atoms with van der Waals surface area (Å²) in [6.07, 6.45) is 1.45. The summed E-state index contributed by atoms with van der Waals surface area (Å²) in [5, 5.41) is 0.247. The largest absolute Gasteiger partial charge is 0.495 e. The van der Waals surface area contributed by atoms with Crippen LogP contribution in [-0.4, -0.2) is 56.0 Å². The van der Waals surface area contributed by atoms with Gasteiger partial charge < -0.3 is 9.64 Å². The minimum Gasteiger partial charge on any atom is -0.495 e. The lowest BCUT2D eigenvalue weighted by Gasteiger charge is -2.34. The van der Waals surface area contributed by atoms with Crippen molar-refractivity contribution < 1.29 is 17.5 Å². The number of sulfonamides is 1. The third kappa shape index (κ3) is 4.48. The summed E-state index contributed by atoms with van der Waals surface area (Å²) in [7, 11) is -2.20. The molecule has 1 aromatic heterocycles. The first-order valence-electron chi connectivity index (χ1n) is 9.55. The van der Waals surface area contributed by atoms with Crippen LogP contribution in [0.4, 0.5) is 10.2 Å². The van der Waals surface area contributed by atoms with E-state index in [4.69, 9.17) is 16.3 Å². The van der Waals surface area contributed by atoms with Crippen molar-refractivity contribution in [3.05, 3.63) is 65.7 Å². The van der Waals surface area contributed by atoms with Crippen molar-refractivity contribution >= 4 is 27.4 Å². The number of hydrogen-bond acceptors (Lipinski definition) is 6. The third-order valence-electron chi connectivity index (χ3n) is 5.12. The highest BCUT2D eigenvalue weighted by Gasteiger charge is 2.29. The molecule has 1 fully saturated rings. The predicted octanol–water partition coefficient (Wildman–Crippen LogP) is 3.46. The van der Waals surface area contributed by atoms with Crippen molar-refractivity contribution in [3.63, 3.8) is 0 Å². The summed E-state index contributed by atoms with van der Waals surface area (Å²) in [6, 6.07) is 12.3. The second-order valence-electron chi connectivity index (χ2n) is 6.96. The maximum absolute atomic E-state index is 13.2. The lowest BCUT2D eigenvalue weighted by atomic mass is 10.1. The van der Waals surface area contributed by atoms with Crippen LogP contribution in [0.1, 0.15) is 0 Å². The number of methoxy groups -OCH3 is 1. The van der Waals surface area contributed by atoms with E-state index in [1.54, 1.807) is 18.2 Å². The van der Waals surface area contributed by atoms with Gasteiger partial charge in [-0.2, -0.15) is 4.31 Å². The number of benzene rings is 2. The summed E-state index contributed by atoms with van der Waals surface area (Å²) in [4.78, 5) is 10.7. The molecule has 0 atom stereocenters. The Hall–Kier alpha value is -2.75. The van der Waals surface area contributed by atoms with Crippen molar-refractivity contribution in [1.82, 2.24) is 14.3 Å². The van der Waals surface area contributed by atoms with Gasteiger partial charge in [0.15, 0.2) is 0 Å². The van der Waals surface area contributed by atoms with Gasteiger partial charge in [0.2, 0.25) is 10.0 Å². The molecule has 3 aromatic rings. The molecule has 0 N–H and O–H groups in total. The highest BCUT2D eigenvalue weighted by Crippen LogP contribution is 2.29. The second kappa shape index (κ2) is 8.78. The number of ether oxygens (including phenoxy) is 1. The lowest BCUT2D eigenvalue weighted by molar-refractivity contribution is 0.383. The molecule has 1 aliphatic rings. The maximum atomic E-state index is 13.2. The normalized spacial score (nSPS) is 15.1. The zero-order valence-electron chi connectivity index (χ0n) is 16.7. The first-order valence-corrected chi connectivity index (χ1v) is 11.4. The number of rotatable bonds is 5. The fraction of sp³-hybridized carbons (Fsp3) is 0.238. The molecule has 31 heavy (non-hydrogen) atoms. The van der Waals surface area contributed by atoms with E-state index in [2.05, 4.69) is 9.97 Å². The molecule has 4 rings (SSSR count). The van der Waals surface area contributed by atoms with E-state index in [9.17, 15) is 12.8 Å². The smallest absolute Gasteiger partial charge is 0.243 e. The van der Waals surface area contributed by atoms with Crippen LogP contribution in [-0.2, 0) is 10.0 Å². The molecular weight excluding hydrogens is 443 g/mol. The molecule has 0 bridgehead atoms. The summed E-state index contributed by atoms with van der Waals surface area (Å²) < 4.78 is 45.7. The van der Waals surface area contributed by atoms with Gasteiger partial charge in [0.25, 0.3) is 0 Å². The lowest BCUT2D eigenvalue weighted by Crippen LogP contribution is -2.48. The van der Waals surface area contributed by atoms with Crippen LogP contribution < -0.4 is 9.64 Å². The van der Waals surface area contributed by atoms with Crippen molar-refractivity contribution in [2.75, 3.05) is 38.2 Å². The van der Waals surface area contributed by atoms with Gasteiger partial charge >= 0.3 is 0 Å². The Morgan fingerprint density at radius 3 is 2.35 bits per heavy atom. The van der Waals surface area contributed by atoms with Crippen molar-refractivity contribution in [3.8, 4) is 17.0 Å². The molecule has 0 unspecified atom stereocenters. The van der Waals surface area contributed by atoms with Crippen LogP contribution in [0.15, 0.2) is 59.8 Å². The summed E-state index contributed by atoms with van der Waals surface area (Å²) in [6.45, 7) is 1.57. The fourth-order valence-corrected chi connectivity index (χ4v) is 5.18. The van der Waals surface area contributed by atoms with Gasteiger partial charge in [-0.25, -0.2) is 22.8 Å². The Morgan fingerprint density at radius 1 is 1.00 bits per heavy atom. The van der Waals surface area contributed by atoms with E-state index in [0.29, 0.717) is 43.4 Å². The molecule has 0 saturated carbocycles. The van der Waals surface area contributed by atoms with Crippen LogP contribution in [0.25, 0.3) is 11.3 Å². The van der Waals surface area contributed by atoms with E-state index >= 15 is 0 Å². The highest BCUT2D eigenvalue weighted by atomic mass is 35.5. The van der Waals surface area contributed by atoms with Crippen molar-refractivity contribution in [1.29, 1.82) is 0 Å². The average Bonchev–Trinajstić information content (AvgIpc) is 2.79. The van der Waals surface area contributed by atoms with E-state index < -0.39 is 10.0 Å². The molecule has 2 aromatic carbocycles. The molecule has 0 aliphatic carbocycles. The highest BCUT2D eigenvalue weighted by molar-refractivity contribution is 7.89. The first-order chi connectivity index (χ1) is 14.9. The molecule has 7 nitrogen and oxygen atoms in total. The van der Waals surface area contributed by atoms with Gasteiger partial charge in [-0.1, -0.05) is 11.6 Å². The maximum Gasteiger partial charge on any atom is 0.243 e. The summed E-state index contributed by atoms with van der Waals surface area (Å²) >= 11 is 6.10. The topological polar surface area (TPSA) is 75.6 Å². The first kappa shape index (κ1) is 21.5. The molecule has 2 heterocycles. The Labute approximate surface area is 185 Å². The predicted molar refractivity (Wildman–Crippen MR) is 116 cm³/mol. The molecule has 10 heteroatoms. The number of nitrogens with zero attached hydrogens (tertiary/aromatic N) is 4. The van der Waals surface area contributed by atoms with Gasteiger partial charge in [0.05, 0.1) is 22.7 Å². The van der Waals surface area contributed by atoms with Crippen LogP contribution in [0.3, 0.4) is 0 Å². The summed E-state index contributed by atoms with van der Waals surface area (Å²) in [5.74, 6) is 0.804. The van der Waals surface area contributed by atoms with Gasteiger partial charge in [0.1, 0.15) is 23.7 Å². The Bertz CT molecular complexity index is 1180. The Kier molecular flexibility index (Phi) is 6.08. The third-order valence-corrected chi connectivity index (χ3v) is 7.31. The van der Waals surface area contributed by atoms with Crippen LogP contribution in [0.5, 0.6) is 5.75 Å². The monoisotopic (exact) mass is 462 g/mol. The van der Waals surface area contributed by atoms with E-state index in [1.807, 2.05) is 11.0 Å². The van der Waals surface area contributed by atoms with E-state index in [1.165, 1.54) is 42.0 Å². The van der Waals surface area contributed by atoms with Crippen molar-refractivity contribution in [2.45, 2.75) is 4.90 Å². The van der Waals surface area contributed by atoms with Crippen molar-refractivity contribution in [2.24, 2.45) is 0 Å². The SMILES string of the molecule is COc1ccc(S(=O)(=O)N2CCN(c3cc(-c4ccc(F)cc4)ncn3)CC2)cc1Cl. The molecule has 162 valence electrons. The zero-order valence-corrected chi connectivity index (χ0v) is 18.3. The Morgan fingerprint density at radius 2 is 1.71 bits per heavy atom. The second-order valence-corrected chi connectivity index (χ2v) is 9.30. The number of anilines is 1. The van der Waals surface area contributed by atoms with Gasteiger partial charge in [-0.05, 0) is 42.5 Å². The summed E-state index contributed by atoms with van der Waals surface area (Å²) in [5.41, 5.74) is 1.45. The van der Waals surface area contributed by atoms with Gasteiger partial charge in [-0.3, -0.25) is 0 Å². The van der Waals surface area contributed by atoms with Gasteiger partial charge in [0, 0.05) is 37.8 Å². The fourth-order valence-electron chi connectivity index (χ4n) is 3.41.